The zero-order valence-electron chi connectivity index (χ0n) is 10.9. The van der Waals surface area contributed by atoms with E-state index in [1.807, 2.05) is 24.3 Å². The molecular formula is C17H12BrClO. The molecule has 0 heterocycles. The van der Waals surface area contributed by atoms with Crippen molar-refractivity contribution < 1.29 is 4.74 Å². The van der Waals surface area contributed by atoms with Crippen LogP contribution in [0.2, 0.25) is 5.02 Å². The number of rotatable bonds is 2. The first kappa shape index (κ1) is 13.5. The SMILES string of the molecule is COc1ccc(Cl)cc1-c1ccc2ccc(Br)cc2c1. The van der Waals surface area contributed by atoms with Gasteiger partial charge in [-0.25, -0.2) is 0 Å². The molecule has 0 unspecified atom stereocenters. The number of fused-ring (bicyclic) bond motifs is 1. The summed E-state index contributed by atoms with van der Waals surface area (Å²) >= 11 is 9.61. The number of hydrogen-bond acceptors (Lipinski definition) is 1. The molecule has 0 saturated carbocycles. The van der Waals surface area contributed by atoms with E-state index in [1.165, 1.54) is 10.8 Å². The molecule has 3 aromatic carbocycles. The summed E-state index contributed by atoms with van der Waals surface area (Å²) in [6.07, 6.45) is 0. The van der Waals surface area contributed by atoms with Gasteiger partial charge in [-0.3, -0.25) is 0 Å². The third-order valence-corrected chi connectivity index (χ3v) is 4.00. The third-order valence-electron chi connectivity index (χ3n) is 3.27. The zero-order chi connectivity index (χ0) is 14.1. The van der Waals surface area contributed by atoms with Crippen LogP contribution in [0.15, 0.2) is 59.1 Å². The van der Waals surface area contributed by atoms with Gasteiger partial charge in [0.25, 0.3) is 0 Å². The maximum atomic E-state index is 6.10. The van der Waals surface area contributed by atoms with E-state index < -0.39 is 0 Å². The van der Waals surface area contributed by atoms with Crippen LogP contribution in [0.1, 0.15) is 0 Å². The molecule has 0 bridgehead atoms. The van der Waals surface area contributed by atoms with Crippen LogP contribution in [-0.4, -0.2) is 7.11 Å². The summed E-state index contributed by atoms with van der Waals surface area (Å²) in [4.78, 5) is 0. The molecule has 0 aliphatic heterocycles. The van der Waals surface area contributed by atoms with Crippen LogP contribution in [0, 0.1) is 0 Å². The van der Waals surface area contributed by atoms with E-state index in [-0.39, 0.29) is 0 Å². The largest absolute Gasteiger partial charge is 0.496 e. The van der Waals surface area contributed by atoms with Gasteiger partial charge in [0.15, 0.2) is 0 Å². The Morgan fingerprint density at radius 3 is 2.50 bits per heavy atom. The second kappa shape index (κ2) is 5.47. The predicted octanol–water partition coefficient (Wildman–Crippen LogP) is 5.93. The average Bonchev–Trinajstić information content (AvgIpc) is 2.46. The van der Waals surface area contributed by atoms with E-state index in [0.717, 1.165) is 21.3 Å². The fourth-order valence-electron chi connectivity index (χ4n) is 2.29. The maximum Gasteiger partial charge on any atom is 0.126 e. The minimum atomic E-state index is 0.704. The van der Waals surface area contributed by atoms with Crippen molar-refractivity contribution in [3.05, 3.63) is 64.1 Å². The summed E-state index contributed by atoms with van der Waals surface area (Å²) < 4.78 is 6.49. The van der Waals surface area contributed by atoms with E-state index in [2.05, 4.69) is 46.3 Å². The topological polar surface area (TPSA) is 9.23 Å². The minimum absolute atomic E-state index is 0.704. The lowest BCUT2D eigenvalue weighted by atomic mass is 10.0. The number of methoxy groups -OCH3 is 1. The molecule has 0 N–H and O–H groups in total. The molecule has 0 aromatic heterocycles. The van der Waals surface area contributed by atoms with Gasteiger partial charge in [0, 0.05) is 15.1 Å². The van der Waals surface area contributed by atoms with Crippen LogP contribution >= 0.6 is 27.5 Å². The molecule has 0 amide bonds. The van der Waals surface area contributed by atoms with Gasteiger partial charge in [-0.2, -0.15) is 0 Å². The van der Waals surface area contributed by atoms with Crippen LogP contribution in [0.3, 0.4) is 0 Å². The predicted molar refractivity (Wildman–Crippen MR) is 88.6 cm³/mol. The highest BCUT2D eigenvalue weighted by Gasteiger charge is 2.07. The molecule has 20 heavy (non-hydrogen) atoms. The van der Waals surface area contributed by atoms with E-state index in [1.54, 1.807) is 7.11 Å². The average molecular weight is 348 g/mol. The third kappa shape index (κ3) is 2.54. The highest BCUT2D eigenvalue weighted by molar-refractivity contribution is 9.10. The fourth-order valence-corrected chi connectivity index (χ4v) is 2.84. The molecule has 0 aliphatic rings. The zero-order valence-corrected chi connectivity index (χ0v) is 13.2. The molecule has 0 atom stereocenters. The van der Waals surface area contributed by atoms with Crippen LogP contribution in [0.5, 0.6) is 5.75 Å². The minimum Gasteiger partial charge on any atom is -0.496 e. The van der Waals surface area contributed by atoms with Gasteiger partial charge in [0.05, 0.1) is 7.11 Å². The van der Waals surface area contributed by atoms with Crippen molar-refractivity contribution in [3.63, 3.8) is 0 Å². The van der Waals surface area contributed by atoms with Crippen molar-refractivity contribution in [1.82, 2.24) is 0 Å². The Bertz CT molecular complexity index is 783. The molecule has 3 aromatic rings. The molecule has 3 rings (SSSR count). The Morgan fingerprint density at radius 2 is 1.70 bits per heavy atom. The molecule has 100 valence electrons. The second-order valence-electron chi connectivity index (χ2n) is 4.55. The molecule has 0 aliphatic carbocycles. The standard InChI is InChI=1S/C17H12BrClO/c1-20-17-7-6-15(19)10-16(17)12-3-2-11-4-5-14(18)9-13(11)8-12/h2-10H,1H3. The number of hydrogen-bond donors (Lipinski definition) is 0. The first-order valence-electron chi connectivity index (χ1n) is 6.20. The first-order valence-corrected chi connectivity index (χ1v) is 7.38. The van der Waals surface area contributed by atoms with E-state index in [9.17, 15) is 0 Å². The van der Waals surface area contributed by atoms with E-state index >= 15 is 0 Å². The number of benzene rings is 3. The molecule has 1 nitrogen and oxygen atoms in total. The second-order valence-corrected chi connectivity index (χ2v) is 5.90. The first-order chi connectivity index (χ1) is 9.67. The van der Waals surface area contributed by atoms with Crippen LogP contribution < -0.4 is 4.74 Å². The Kier molecular flexibility index (Phi) is 3.68. The van der Waals surface area contributed by atoms with Gasteiger partial charge in [-0.05, 0) is 52.7 Å². The molecule has 3 heteroatoms. The van der Waals surface area contributed by atoms with Crippen molar-refractivity contribution >= 4 is 38.3 Å². The quantitative estimate of drug-likeness (QED) is 0.558. The molecule has 0 saturated heterocycles. The van der Waals surface area contributed by atoms with Crippen molar-refractivity contribution in [2.24, 2.45) is 0 Å². The highest BCUT2D eigenvalue weighted by atomic mass is 79.9. The summed E-state index contributed by atoms with van der Waals surface area (Å²) in [5.74, 6) is 0.823. The van der Waals surface area contributed by atoms with Crippen LogP contribution in [-0.2, 0) is 0 Å². The Morgan fingerprint density at radius 1 is 0.900 bits per heavy atom. The smallest absolute Gasteiger partial charge is 0.126 e. The molecule has 0 spiro atoms. The highest BCUT2D eigenvalue weighted by Crippen LogP contribution is 2.34. The normalized spacial score (nSPS) is 10.8. The fraction of sp³-hybridized carbons (Fsp3) is 0.0588. The van der Waals surface area contributed by atoms with Crippen LogP contribution in [0.25, 0.3) is 21.9 Å². The molecular weight excluding hydrogens is 336 g/mol. The van der Waals surface area contributed by atoms with Crippen LogP contribution in [0.4, 0.5) is 0 Å². The Balaban J connectivity index is 2.21. The number of halogens is 2. The summed E-state index contributed by atoms with van der Waals surface area (Å²) in [5, 5.41) is 3.09. The lowest BCUT2D eigenvalue weighted by Crippen LogP contribution is -1.88. The van der Waals surface area contributed by atoms with Crippen molar-refractivity contribution in [1.29, 1.82) is 0 Å². The van der Waals surface area contributed by atoms with Gasteiger partial charge in [0.2, 0.25) is 0 Å². The summed E-state index contributed by atoms with van der Waals surface area (Å²) in [6, 6.07) is 18.2. The summed E-state index contributed by atoms with van der Waals surface area (Å²) in [6.45, 7) is 0. The van der Waals surface area contributed by atoms with Gasteiger partial charge in [-0.1, -0.05) is 45.7 Å². The van der Waals surface area contributed by atoms with E-state index in [4.69, 9.17) is 16.3 Å². The Hall–Kier alpha value is -1.51. The van der Waals surface area contributed by atoms with Crippen molar-refractivity contribution in [2.45, 2.75) is 0 Å². The van der Waals surface area contributed by atoms with Crippen molar-refractivity contribution in [3.8, 4) is 16.9 Å². The number of ether oxygens (including phenoxy) is 1. The van der Waals surface area contributed by atoms with E-state index in [0.29, 0.717) is 5.02 Å². The lowest BCUT2D eigenvalue weighted by molar-refractivity contribution is 0.416. The molecule has 0 radical (unpaired) electrons. The molecule has 0 fully saturated rings. The van der Waals surface area contributed by atoms with Gasteiger partial charge in [0.1, 0.15) is 5.75 Å². The van der Waals surface area contributed by atoms with Crippen molar-refractivity contribution in [2.75, 3.05) is 7.11 Å². The van der Waals surface area contributed by atoms with Gasteiger partial charge < -0.3 is 4.74 Å². The monoisotopic (exact) mass is 346 g/mol. The maximum absolute atomic E-state index is 6.10. The Labute approximate surface area is 131 Å². The van der Waals surface area contributed by atoms with Gasteiger partial charge >= 0.3 is 0 Å². The summed E-state index contributed by atoms with van der Waals surface area (Å²) in [7, 11) is 1.67. The van der Waals surface area contributed by atoms with Gasteiger partial charge in [-0.15, -0.1) is 0 Å². The lowest BCUT2D eigenvalue weighted by Gasteiger charge is -2.10. The summed E-state index contributed by atoms with van der Waals surface area (Å²) in [5.41, 5.74) is 2.09.